The lowest BCUT2D eigenvalue weighted by atomic mass is 10.1. The third-order valence-electron chi connectivity index (χ3n) is 6.44. The Hall–Kier alpha value is -3.96. The molecular formula is C25H25F3N4O5. The van der Waals surface area contributed by atoms with E-state index in [0.717, 1.165) is 43.8 Å². The molecule has 0 saturated carbocycles. The van der Waals surface area contributed by atoms with E-state index in [4.69, 9.17) is 14.2 Å². The number of hydrogen-bond donors (Lipinski definition) is 0. The number of benzene rings is 2. The minimum absolute atomic E-state index is 0.0527. The van der Waals surface area contributed by atoms with Crippen molar-refractivity contribution < 1.29 is 32.3 Å². The highest BCUT2D eigenvalue weighted by Gasteiger charge is 2.31. The Bertz CT molecular complexity index is 1220. The lowest BCUT2D eigenvalue weighted by Gasteiger charge is -2.33. The normalized spacial score (nSPS) is 18.1. The average molecular weight is 518 g/mol. The first-order chi connectivity index (χ1) is 17.7. The largest absolute Gasteiger partial charge is 0.490 e. The number of alkyl halides is 3. The number of aromatic nitrogens is 2. The molecule has 9 nitrogen and oxygen atoms in total. The van der Waals surface area contributed by atoms with Gasteiger partial charge in [-0.3, -0.25) is 4.57 Å². The summed E-state index contributed by atoms with van der Waals surface area (Å²) >= 11 is 0. The second kappa shape index (κ2) is 10.2. The molecule has 1 fully saturated rings. The van der Waals surface area contributed by atoms with Crippen LogP contribution in [0.15, 0.2) is 54.7 Å². The molecule has 37 heavy (non-hydrogen) atoms. The molecule has 196 valence electrons. The van der Waals surface area contributed by atoms with Crippen molar-refractivity contribution in [3.05, 3.63) is 70.4 Å². The Morgan fingerprint density at radius 1 is 1.00 bits per heavy atom. The van der Waals surface area contributed by atoms with E-state index in [9.17, 15) is 23.3 Å². The van der Waals surface area contributed by atoms with Gasteiger partial charge >= 0.3 is 18.0 Å². The number of halogens is 3. The summed E-state index contributed by atoms with van der Waals surface area (Å²) in [4.78, 5) is 16.5. The molecule has 0 spiro atoms. The Morgan fingerprint density at radius 3 is 2.32 bits per heavy atom. The molecular weight excluding hydrogens is 493 g/mol. The summed E-state index contributed by atoms with van der Waals surface area (Å²) in [5, 5.41) is 10.9. The molecule has 1 unspecified atom stereocenters. The van der Waals surface area contributed by atoms with Crippen molar-refractivity contribution >= 4 is 11.5 Å². The van der Waals surface area contributed by atoms with Crippen LogP contribution in [0, 0.1) is 10.1 Å². The lowest BCUT2D eigenvalue weighted by Crippen LogP contribution is -2.38. The number of imidazole rings is 1. The average Bonchev–Trinajstić information content (AvgIpc) is 3.32. The summed E-state index contributed by atoms with van der Waals surface area (Å²) in [5.74, 6) is 0.896. The second-order valence-corrected chi connectivity index (χ2v) is 8.99. The van der Waals surface area contributed by atoms with Gasteiger partial charge < -0.3 is 29.2 Å². The number of nitrogens with zero attached hydrogens (tertiary/aromatic N) is 4. The number of ether oxygens (including phenoxy) is 3. The van der Waals surface area contributed by atoms with Crippen LogP contribution in [-0.2, 0) is 12.7 Å². The zero-order valence-corrected chi connectivity index (χ0v) is 19.8. The third kappa shape index (κ3) is 5.89. The number of aryl methyl sites for hydroxylation is 1. The van der Waals surface area contributed by atoms with Crippen LogP contribution >= 0.6 is 0 Å². The summed E-state index contributed by atoms with van der Waals surface area (Å²) in [6, 6.07) is 12.8. The van der Waals surface area contributed by atoms with Crippen LogP contribution in [0.4, 0.5) is 24.7 Å². The molecule has 0 amide bonds. The Morgan fingerprint density at radius 2 is 1.68 bits per heavy atom. The maximum absolute atomic E-state index is 12.7. The first-order valence-electron chi connectivity index (χ1n) is 11.9. The van der Waals surface area contributed by atoms with Crippen LogP contribution < -0.4 is 19.1 Å². The van der Waals surface area contributed by atoms with Crippen LogP contribution in [0.5, 0.6) is 17.5 Å². The monoisotopic (exact) mass is 518 g/mol. The van der Waals surface area contributed by atoms with Crippen molar-refractivity contribution in [3.63, 3.8) is 0 Å². The summed E-state index contributed by atoms with van der Waals surface area (Å²) < 4.78 is 57.3. The standard InChI is InChI=1S/C25H25F3N4O5/c26-25(27,28)17-1-5-20(6-2-17)36-21-9-12-30(13-10-21)18-3-7-19(8-4-18)35-16-22-11-14-31-15-23(32(33)34)29-24(31)37-22/h1-8,15,21-22H,9-14,16H2. The SMILES string of the molecule is O=[N+]([O-])c1cn2c(n1)OC(COc1ccc(N3CCC(Oc4ccc(C(F)(F)F)cc4)CC3)cc1)CC2. The molecule has 1 saturated heterocycles. The predicted octanol–water partition coefficient (Wildman–Crippen LogP) is 5.09. The van der Waals surface area contributed by atoms with Gasteiger partial charge in [-0.2, -0.15) is 13.2 Å². The van der Waals surface area contributed by atoms with E-state index in [1.165, 1.54) is 18.3 Å². The second-order valence-electron chi connectivity index (χ2n) is 8.99. The van der Waals surface area contributed by atoms with Crippen molar-refractivity contribution in [1.82, 2.24) is 9.55 Å². The number of anilines is 1. The van der Waals surface area contributed by atoms with E-state index in [0.29, 0.717) is 31.1 Å². The lowest BCUT2D eigenvalue weighted by molar-refractivity contribution is -0.389. The first-order valence-corrected chi connectivity index (χ1v) is 11.9. The maximum atomic E-state index is 12.7. The molecule has 2 aliphatic rings. The van der Waals surface area contributed by atoms with Gasteiger partial charge in [0, 0.05) is 49.6 Å². The Labute approximate surface area is 210 Å². The highest BCUT2D eigenvalue weighted by atomic mass is 19.4. The maximum Gasteiger partial charge on any atom is 0.416 e. The topological polar surface area (TPSA) is 91.9 Å². The summed E-state index contributed by atoms with van der Waals surface area (Å²) in [7, 11) is 0. The van der Waals surface area contributed by atoms with Crippen molar-refractivity contribution in [2.24, 2.45) is 0 Å². The number of rotatable bonds is 7. The molecule has 3 aromatic rings. The van der Waals surface area contributed by atoms with Gasteiger partial charge in [-0.25, -0.2) is 0 Å². The van der Waals surface area contributed by atoms with Crippen LogP contribution in [0.3, 0.4) is 0 Å². The van der Waals surface area contributed by atoms with E-state index in [1.807, 2.05) is 24.3 Å². The van der Waals surface area contributed by atoms with Gasteiger partial charge in [0.05, 0.1) is 5.56 Å². The fraction of sp³-hybridized carbons (Fsp3) is 0.400. The van der Waals surface area contributed by atoms with Gasteiger partial charge in [-0.15, -0.1) is 0 Å². The Balaban J connectivity index is 1.07. The van der Waals surface area contributed by atoms with Gasteiger partial charge in [0.25, 0.3) is 0 Å². The van der Waals surface area contributed by atoms with Crippen LogP contribution in [-0.4, -0.2) is 46.4 Å². The molecule has 3 heterocycles. The summed E-state index contributed by atoms with van der Waals surface area (Å²) in [6.45, 7) is 2.40. The fourth-order valence-electron chi connectivity index (χ4n) is 4.43. The van der Waals surface area contributed by atoms with E-state index in [-0.39, 0.29) is 24.0 Å². The van der Waals surface area contributed by atoms with Gasteiger partial charge in [-0.1, -0.05) is 0 Å². The molecule has 2 aliphatic heterocycles. The molecule has 0 radical (unpaired) electrons. The molecule has 5 rings (SSSR count). The quantitative estimate of drug-likeness (QED) is 0.318. The third-order valence-corrected chi connectivity index (χ3v) is 6.44. The van der Waals surface area contributed by atoms with Crippen molar-refractivity contribution in [3.8, 4) is 17.5 Å². The van der Waals surface area contributed by atoms with E-state index >= 15 is 0 Å². The molecule has 1 aromatic heterocycles. The highest BCUT2D eigenvalue weighted by Crippen LogP contribution is 2.31. The Kier molecular flexibility index (Phi) is 6.81. The predicted molar refractivity (Wildman–Crippen MR) is 127 cm³/mol. The van der Waals surface area contributed by atoms with Gasteiger partial charge in [0.1, 0.15) is 36.5 Å². The van der Waals surface area contributed by atoms with Gasteiger partial charge in [0.15, 0.2) is 0 Å². The number of piperidine rings is 1. The van der Waals surface area contributed by atoms with E-state index < -0.39 is 16.7 Å². The zero-order chi connectivity index (χ0) is 26.0. The van der Waals surface area contributed by atoms with Gasteiger partial charge in [0.2, 0.25) is 0 Å². The number of nitro groups is 1. The molecule has 0 aliphatic carbocycles. The first kappa shape index (κ1) is 24.7. The van der Waals surface area contributed by atoms with Crippen molar-refractivity contribution in [2.75, 3.05) is 24.6 Å². The molecule has 0 bridgehead atoms. The number of hydrogen-bond acceptors (Lipinski definition) is 7. The van der Waals surface area contributed by atoms with Crippen LogP contribution in [0.1, 0.15) is 24.8 Å². The van der Waals surface area contributed by atoms with Crippen molar-refractivity contribution in [2.45, 2.75) is 44.2 Å². The van der Waals surface area contributed by atoms with E-state index in [1.54, 1.807) is 4.57 Å². The molecule has 2 aromatic carbocycles. The summed E-state index contributed by atoms with van der Waals surface area (Å²) in [5.41, 5.74) is 0.357. The molecule has 12 heteroatoms. The fourth-order valence-corrected chi connectivity index (χ4v) is 4.43. The van der Waals surface area contributed by atoms with E-state index in [2.05, 4.69) is 9.88 Å². The number of fused-ring (bicyclic) bond motifs is 1. The minimum atomic E-state index is -4.36. The zero-order valence-electron chi connectivity index (χ0n) is 19.8. The van der Waals surface area contributed by atoms with Crippen LogP contribution in [0.2, 0.25) is 0 Å². The smallest absolute Gasteiger partial charge is 0.416 e. The molecule has 1 atom stereocenters. The van der Waals surface area contributed by atoms with Crippen LogP contribution in [0.25, 0.3) is 0 Å². The minimum Gasteiger partial charge on any atom is -0.490 e. The van der Waals surface area contributed by atoms with Crippen molar-refractivity contribution in [1.29, 1.82) is 0 Å². The molecule has 0 N–H and O–H groups in total. The highest BCUT2D eigenvalue weighted by molar-refractivity contribution is 5.49. The summed E-state index contributed by atoms with van der Waals surface area (Å²) in [6.07, 6.45) is -1.12. The van der Waals surface area contributed by atoms with Gasteiger partial charge in [-0.05, 0) is 53.5 Å².